The molecule has 1 amide bonds. The highest BCUT2D eigenvalue weighted by molar-refractivity contribution is 6.30. The van der Waals surface area contributed by atoms with Crippen LogP contribution >= 0.6 is 11.6 Å². The van der Waals surface area contributed by atoms with Crippen LogP contribution in [-0.2, 0) is 4.79 Å². The molecule has 6 heteroatoms. The van der Waals surface area contributed by atoms with E-state index in [2.05, 4.69) is 15.1 Å². The van der Waals surface area contributed by atoms with Crippen molar-refractivity contribution in [3.63, 3.8) is 0 Å². The maximum absolute atomic E-state index is 13.1. The predicted molar refractivity (Wildman–Crippen MR) is 104 cm³/mol. The molecular formula is C20H23ClFN3O. The molecule has 2 aromatic carbocycles. The van der Waals surface area contributed by atoms with Crippen LogP contribution in [0.25, 0.3) is 0 Å². The summed E-state index contributed by atoms with van der Waals surface area (Å²) in [7, 11) is 0. The molecule has 0 spiro atoms. The van der Waals surface area contributed by atoms with Crippen LogP contribution in [0.1, 0.15) is 12.0 Å². The quantitative estimate of drug-likeness (QED) is 0.879. The summed E-state index contributed by atoms with van der Waals surface area (Å²) in [5.74, 6) is -0.245. The number of nitrogens with zero attached hydrogens (tertiary/aromatic N) is 2. The molecule has 0 unspecified atom stereocenters. The molecule has 0 atom stereocenters. The van der Waals surface area contributed by atoms with Crippen LogP contribution in [0.2, 0.25) is 5.02 Å². The van der Waals surface area contributed by atoms with Gasteiger partial charge in [-0.1, -0.05) is 11.6 Å². The largest absolute Gasteiger partial charge is 0.370 e. The van der Waals surface area contributed by atoms with Crippen LogP contribution < -0.4 is 10.2 Å². The number of anilines is 2. The molecule has 1 fully saturated rings. The van der Waals surface area contributed by atoms with Crippen LogP contribution in [-0.4, -0.2) is 43.5 Å². The van der Waals surface area contributed by atoms with Crippen LogP contribution in [0.4, 0.5) is 15.8 Å². The van der Waals surface area contributed by atoms with E-state index in [0.29, 0.717) is 11.6 Å². The lowest BCUT2D eigenvalue weighted by molar-refractivity contribution is -0.117. The van der Waals surface area contributed by atoms with Crippen LogP contribution in [0.3, 0.4) is 0 Å². The Balaban J connectivity index is 1.54. The third kappa shape index (κ3) is 4.96. The minimum atomic E-state index is -0.223. The number of halogens is 2. The first-order valence-corrected chi connectivity index (χ1v) is 9.18. The summed E-state index contributed by atoms with van der Waals surface area (Å²) in [5, 5.41) is 3.62. The number of carbonyl (C=O) groups excluding carboxylic acids is 1. The summed E-state index contributed by atoms with van der Waals surface area (Å²) in [6.45, 7) is 5.67. The van der Waals surface area contributed by atoms with E-state index in [1.54, 1.807) is 18.2 Å². The molecule has 1 aliphatic heterocycles. The fraction of sp³-hybridized carbons (Fsp3) is 0.350. The normalized spacial score (nSPS) is 15.6. The average molecular weight is 376 g/mol. The van der Waals surface area contributed by atoms with Gasteiger partial charge in [0.15, 0.2) is 0 Å². The topological polar surface area (TPSA) is 35.6 Å². The third-order valence-electron chi connectivity index (χ3n) is 4.61. The Morgan fingerprint density at radius 2 is 1.88 bits per heavy atom. The van der Waals surface area contributed by atoms with Crippen molar-refractivity contribution < 1.29 is 9.18 Å². The SMILES string of the molecule is Cc1cc(Cl)ccc1NC(=O)CN1CCCN(c2ccc(F)cc2)CC1. The fourth-order valence-corrected chi connectivity index (χ4v) is 3.43. The fourth-order valence-electron chi connectivity index (χ4n) is 3.20. The summed E-state index contributed by atoms with van der Waals surface area (Å²) in [6.07, 6.45) is 0.963. The first-order valence-electron chi connectivity index (χ1n) is 8.80. The number of amides is 1. The zero-order valence-electron chi connectivity index (χ0n) is 14.8. The van der Waals surface area contributed by atoms with Gasteiger partial charge >= 0.3 is 0 Å². The summed E-state index contributed by atoms with van der Waals surface area (Å²) in [5.41, 5.74) is 2.76. The molecule has 0 aliphatic carbocycles. The number of hydrogen-bond acceptors (Lipinski definition) is 3. The third-order valence-corrected chi connectivity index (χ3v) is 4.85. The highest BCUT2D eigenvalue weighted by Gasteiger charge is 2.18. The Bertz CT molecular complexity index is 766. The average Bonchev–Trinajstić information content (AvgIpc) is 2.84. The highest BCUT2D eigenvalue weighted by atomic mass is 35.5. The molecule has 0 radical (unpaired) electrons. The van der Waals surface area contributed by atoms with E-state index in [1.807, 2.05) is 19.1 Å². The van der Waals surface area contributed by atoms with Gasteiger partial charge in [-0.3, -0.25) is 9.69 Å². The van der Waals surface area contributed by atoms with E-state index in [4.69, 9.17) is 11.6 Å². The molecule has 3 rings (SSSR count). The summed E-state index contributed by atoms with van der Waals surface area (Å²) < 4.78 is 13.1. The van der Waals surface area contributed by atoms with Gasteiger partial charge in [0.1, 0.15) is 5.82 Å². The minimum absolute atomic E-state index is 0.0225. The molecule has 2 aromatic rings. The maximum atomic E-state index is 13.1. The van der Waals surface area contributed by atoms with Gasteiger partial charge in [-0.05, 0) is 61.4 Å². The Hall–Kier alpha value is -2.11. The van der Waals surface area contributed by atoms with Crippen LogP contribution in [0.5, 0.6) is 0 Å². The number of benzene rings is 2. The molecule has 1 aliphatic rings. The number of carbonyl (C=O) groups is 1. The van der Waals surface area contributed by atoms with Crippen molar-refractivity contribution in [3.05, 3.63) is 58.9 Å². The molecule has 1 heterocycles. The van der Waals surface area contributed by atoms with Gasteiger partial charge in [0.05, 0.1) is 6.54 Å². The summed E-state index contributed by atoms with van der Waals surface area (Å²) >= 11 is 5.95. The van der Waals surface area contributed by atoms with Crippen molar-refractivity contribution in [2.75, 3.05) is 42.9 Å². The Morgan fingerprint density at radius 3 is 2.62 bits per heavy atom. The van der Waals surface area contributed by atoms with Gasteiger partial charge in [-0.2, -0.15) is 0 Å². The molecule has 0 aromatic heterocycles. The second-order valence-corrected chi connectivity index (χ2v) is 7.04. The minimum Gasteiger partial charge on any atom is -0.370 e. The first kappa shape index (κ1) is 18.7. The van der Waals surface area contributed by atoms with E-state index < -0.39 is 0 Å². The van der Waals surface area contributed by atoms with Gasteiger partial charge in [-0.25, -0.2) is 4.39 Å². The molecule has 0 bridgehead atoms. The molecule has 26 heavy (non-hydrogen) atoms. The lowest BCUT2D eigenvalue weighted by Crippen LogP contribution is -2.36. The smallest absolute Gasteiger partial charge is 0.238 e. The number of nitrogens with one attached hydrogen (secondary N) is 1. The number of hydrogen-bond donors (Lipinski definition) is 1. The number of rotatable bonds is 4. The maximum Gasteiger partial charge on any atom is 0.238 e. The summed E-state index contributed by atoms with van der Waals surface area (Å²) in [4.78, 5) is 16.8. The lowest BCUT2D eigenvalue weighted by Gasteiger charge is -2.23. The van der Waals surface area contributed by atoms with E-state index in [1.165, 1.54) is 12.1 Å². The van der Waals surface area contributed by atoms with Gasteiger partial charge < -0.3 is 10.2 Å². The van der Waals surface area contributed by atoms with Crippen LogP contribution in [0, 0.1) is 12.7 Å². The van der Waals surface area contributed by atoms with Gasteiger partial charge in [0, 0.05) is 42.6 Å². The Morgan fingerprint density at radius 1 is 1.12 bits per heavy atom. The van der Waals surface area contributed by atoms with E-state index >= 15 is 0 Å². The Labute approximate surface area is 158 Å². The van der Waals surface area contributed by atoms with Crippen LogP contribution in [0.15, 0.2) is 42.5 Å². The first-order chi connectivity index (χ1) is 12.5. The lowest BCUT2D eigenvalue weighted by atomic mass is 10.2. The van der Waals surface area contributed by atoms with Crippen molar-refractivity contribution in [2.45, 2.75) is 13.3 Å². The van der Waals surface area contributed by atoms with Gasteiger partial charge in [-0.15, -0.1) is 0 Å². The van der Waals surface area contributed by atoms with Crippen molar-refractivity contribution >= 4 is 28.9 Å². The second-order valence-electron chi connectivity index (χ2n) is 6.60. The van der Waals surface area contributed by atoms with Crippen molar-refractivity contribution in [3.8, 4) is 0 Å². The molecule has 0 saturated carbocycles. The molecule has 138 valence electrons. The highest BCUT2D eigenvalue weighted by Crippen LogP contribution is 2.20. The second kappa shape index (κ2) is 8.52. The zero-order chi connectivity index (χ0) is 18.5. The monoisotopic (exact) mass is 375 g/mol. The molecular weight excluding hydrogens is 353 g/mol. The number of aryl methyl sites for hydroxylation is 1. The molecule has 1 saturated heterocycles. The summed E-state index contributed by atoms with van der Waals surface area (Å²) in [6, 6.07) is 12.0. The van der Waals surface area contributed by atoms with Gasteiger partial charge in [0.2, 0.25) is 5.91 Å². The van der Waals surface area contributed by atoms with Crippen molar-refractivity contribution in [1.29, 1.82) is 0 Å². The predicted octanol–water partition coefficient (Wildman–Crippen LogP) is 3.94. The Kier molecular flexibility index (Phi) is 6.12. The van der Waals surface area contributed by atoms with Crippen molar-refractivity contribution in [2.24, 2.45) is 0 Å². The molecule has 1 N–H and O–H groups in total. The molecule has 4 nitrogen and oxygen atoms in total. The van der Waals surface area contributed by atoms with E-state index in [9.17, 15) is 9.18 Å². The van der Waals surface area contributed by atoms with Crippen molar-refractivity contribution in [1.82, 2.24) is 4.90 Å². The van der Waals surface area contributed by atoms with E-state index in [-0.39, 0.29) is 11.7 Å². The van der Waals surface area contributed by atoms with Gasteiger partial charge in [0.25, 0.3) is 0 Å². The zero-order valence-corrected chi connectivity index (χ0v) is 15.6. The standard InChI is InChI=1S/C20H23ClFN3O/c1-15-13-16(21)3-8-19(15)23-20(26)14-24-9-2-10-25(12-11-24)18-6-4-17(22)5-7-18/h3-8,13H,2,9-12,14H2,1H3,(H,23,26). The van der Waals surface area contributed by atoms with E-state index in [0.717, 1.165) is 49.5 Å².